The summed E-state index contributed by atoms with van der Waals surface area (Å²) in [5.41, 5.74) is 5.20. The van der Waals surface area contributed by atoms with Crippen molar-refractivity contribution >= 4 is 21.4 Å². The van der Waals surface area contributed by atoms with Gasteiger partial charge in [0.2, 0.25) is 10.0 Å². The molecule has 98 valence electrons. The molecule has 2 atom stereocenters. The Morgan fingerprint density at radius 2 is 2.11 bits per heavy atom. The van der Waals surface area contributed by atoms with E-state index in [9.17, 15) is 18.5 Å². The van der Waals surface area contributed by atoms with Crippen LogP contribution in [-0.4, -0.2) is 19.4 Å². The van der Waals surface area contributed by atoms with Crippen molar-refractivity contribution in [2.45, 2.75) is 24.3 Å². The number of nitrogens with zero attached hydrogens (tertiary/aromatic N) is 1. The first-order chi connectivity index (χ1) is 8.31. The lowest BCUT2D eigenvalue weighted by Gasteiger charge is -2.08. The molecule has 3 N–H and O–H groups in total. The number of anilines is 1. The van der Waals surface area contributed by atoms with Gasteiger partial charge in [0.25, 0.3) is 5.69 Å². The Morgan fingerprint density at radius 3 is 2.56 bits per heavy atom. The van der Waals surface area contributed by atoms with E-state index in [1.165, 1.54) is 0 Å². The van der Waals surface area contributed by atoms with Gasteiger partial charge in [0, 0.05) is 18.2 Å². The molecule has 1 aromatic rings. The highest BCUT2D eigenvalue weighted by atomic mass is 32.2. The van der Waals surface area contributed by atoms with E-state index in [1.54, 1.807) is 0 Å². The van der Waals surface area contributed by atoms with Gasteiger partial charge in [-0.2, -0.15) is 0 Å². The molecule has 18 heavy (non-hydrogen) atoms. The number of sulfonamides is 1. The van der Waals surface area contributed by atoms with E-state index in [2.05, 4.69) is 4.72 Å². The van der Waals surface area contributed by atoms with Crippen LogP contribution in [0.2, 0.25) is 0 Å². The summed E-state index contributed by atoms with van der Waals surface area (Å²) in [6.07, 6.45) is 0.798. The summed E-state index contributed by atoms with van der Waals surface area (Å²) in [6.45, 7) is 1.94. The number of nitrogens with one attached hydrogen (secondary N) is 1. The monoisotopic (exact) mass is 271 g/mol. The molecule has 0 aliphatic heterocycles. The summed E-state index contributed by atoms with van der Waals surface area (Å²) in [5, 5.41) is 10.5. The Labute approximate surface area is 104 Å². The second-order valence-corrected chi connectivity index (χ2v) is 6.10. The first kappa shape index (κ1) is 12.8. The molecule has 0 amide bonds. The summed E-state index contributed by atoms with van der Waals surface area (Å²) in [6, 6.07) is 3.26. The summed E-state index contributed by atoms with van der Waals surface area (Å²) in [4.78, 5) is 9.79. The van der Waals surface area contributed by atoms with E-state index in [0.717, 1.165) is 24.6 Å². The number of non-ortho nitro benzene ring substituents is 1. The molecule has 2 rings (SSSR count). The van der Waals surface area contributed by atoms with E-state index in [1.807, 2.05) is 6.92 Å². The minimum atomic E-state index is -3.70. The molecule has 2 unspecified atom stereocenters. The van der Waals surface area contributed by atoms with Crippen LogP contribution in [0.4, 0.5) is 11.4 Å². The van der Waals surface area contributed by atoms with E-state index in [-0.39, 0.29) is 22.3 Å². The zero-order valence-corrected chi connectivity index (χ0v) is 10.5. The van der Waals surface area contributed by atoms with Crippen molar-refractivity contribution in [2.24, 2.45) is 5.92 Å². The molecule has 0 aromatic heterocycles. The maximum absolute atomic E-state index is 12.0. The van der Waals surface area contributed by atoms with Gasteiger partial charge in [-0.25, -0.2) is 13.1 Å². The van der Waals surface area contributed by atoms with Gasteiger partial charge in [-0.05, 0) is 18.4 Å². The van der Waals surface area contributed by atoms with Crippen LogP contribution in [0.1, 0.15) is 13.3 Å². The van der Waals surface area contributed by atoms with Crippen molar-refractivity contribution in [1.82, 2.24) is 4.72 Å². The zero-order valence-electron chi connectivity index (χ0n) is 9.66. The molecule has 0 spiro atoms. The summed E-state index contributed by atoms with van der Waals surface area (Å²) in [5.74, 6) is 0.319. The topological polar surface area (TPSA) is 115 Å². The summed E-state index contributed by atoms with van der Waals surface area (Å²) in [7, 11) is -3.70. The Bertz CT molecular complexity index is 599. The van der Waals surface area contributed by atoms with Crippen LogP contribution in [0.3, 0.4) is 0 Å². The number of rotatable bonds is 4. The number of nitrogen functional groups attached to an aromatic ring is 1. The predicted octanol–water partition coefficient (Wildman–Crippen LogP) is 0.864. The van der Waals surface area contributed by atoms with Gasteiger partial charge in [0.15, 0.2) is 0 Å². The fourth-order valence-corrected chi connectivity index (χ4v) is 3.11. The standard InChI is InChI=1S/C10H13N3O4S/c1-6-4-9(6)12-18(16,17)10-3-2-7(13(14)15)5-8(10)11/h2-3,5-6,9,12H,4,11H2,1H3. The first-order valence-corrected chi connectivity index (χ1v) is 6.86. The molecule has 1 aliphatic rings. The van der Waals surface area contributed by atoms with Gasteiger partial charge in [0.1, 0.15) is 4.90 Å². The molecule has 1 fully saturated rings. The van der Waals surface area contributed by atoms with Crippen LogP contribution >= 0.6 is 0 Å². The normalized spacial score (nSPS) is 22.7. The molecular weight excluding hydrogens is 258 g/mol. The van der Waals surface area contributed by atoms with Crippen molar-refractivity contribution in [1.29, 1.82) is 0 Å². The molecule has 7 nitrogen and oxygen atoms in total. The zero-order chi connectivity index (χ0) is 13.5. The average molecular weight is 271 g/mol. The Morgan fingerprint density at radius 1 is 1.50 bits per heavy atom. The fourth-order valence-electron chi connectivity index (χ4n) is 1.64. The van der Waals surface area contributed by atoms with Crippen LogP contribution < -0.4 is 10.5 Å². The lowest BCUT2D eigenvalue weighted by Crippen LogP contribution is -2.27. The van der Waals surface area contributed by atoms with Gasteiger partial charge in [0.05, 0.1) is 10.6 Å². The van der Waals surface area contributed by atoms with E-state index < -0.39 is 14.9 Å². The lowest BCUT2D eigenvalue weighted by atomic mass is 10.3. The SMILES string of the molecule is CC1CC1NS(=O)(=O)c1ccc([N+](=O)[O-])cc1N. The van der Waals surface area contributed by atoms with Gasteiger partial charge < -0.3 is 5.73 Å². The fraction of sp³-hybridized carbons (Fsp3) is 0.400. The van der Waals surface area contributed by atoms with Crippen LogP contribution in [0.5, 0.6) is 0 Å². The molecule has 1 aliphatic carbocycles. The molecule has 0 radical (unpaired) electrons. The quantitative estimate of drug-likeness (QED) is 0.479. The third-order valence-corrected chi connectivity index (χ3v) is 4.47. The molecule has 0 heterocycles. The van der Waals surface area contributed by atoms with Gasteiger partial charge in [-0.15, -0.1) is 0 Å². The van der Waals surface area contributed by atoms with Crippen molar-refractivity contribution in [3.63, 3.8) is 0 Å². The minimum Gasteiger partial charge on any atom is -0.397 e. The molecule has 0 saturated heterocycles. The third-order valence-electron chi connectivity index (χ3n) is 2.91. The van der Waals surface area contributed by atoms with Crippen LogP contribution in [0.15, 0.2) is 23.1 Å². The maximum Gasteiger partial charge on any atom is 0.271 e. The van der Waals surface area contributed by atoms with Gasteiger partial charge >= 0.3 is 0 Å². The van der Waals surface area contributed by atoms with E-state index in [0.29, 0.717) is 5.92 Å². The Hall–Kier alpha value is -1.67. The van der Waals surface area contributed by atoms with Crippen molar-refractivity contribution < 1.29 is 13.3 Å². The highest BCUT2D eigenvalue weighted by Crippen LogP contribution is 2.32. The van der Waals surface area contributed by atoms with Crippen LogP contribution in [-0.2, 0) is 10.0 Å². The highest BCUT2D eigenvalue weighted by Gasteiger charge is 2.37. The second-order valence-electron chi connectivity index (χ2n) is 4.42. The predicted molar refractivity (Wildman–Crippen MR) is 65.4 cm³/mol. The number of hydrogen-bond donors (Lipinski definition) is 2. The Balaban J connectivity index is 2.30. The van der Waals surface area contributed by atoms with Crippen LogP contribution in [0, 0.1) is 16.0 Å². The third kappa shape index (κ3) is 2.44. The van der Waals surface area contributed by atoms with Gasteiger partial charge in [-0.1, -0.05) is 6.92 Å². The number of benzene rings is 1. The summed E-state index contributed by atoms with van der Waals surface area (Å²) >= 11 is 0. The molecule has 1 saturated carbocycles. The van der Waals surface area contributed by atoms with E-state index in [4.69, 9.17) is 5.73 Å². The van der Waals surface area contributed by atoms with Crippen LogP contribution in [0.25, 0.3) is 0 Å². The average Bonchev–Trinajstić information content (AvgIpc) is 2.92. The molecule has 1 aromatic carbocycles. The first-order valence-electron chi connectivity index (χ1n) is 5.37. The second kappa shape index (κ2) is 4.21. The van der Waals surface area contributed by atoms with Crippen molar-refractivity contribution in [3.8, 4) is 0 Å². The van der Waals surface area contributed by atoms with Crippen molar-refractivity contribution in [3.05, 3.63) is 28.3 Å². The number of hydrogen-bond acceptors (Lipinski definition) is 5. The molecule has 0 bridgehead atoms. The molecule has 8 heteroatoms. The number of nitro groups is 1. The largest absolute Gasteiger partial charge is 0.397 e. The summed E-state index contributed by atoms with van der Waals surface area (Å²) < 4.78 is 26.4. The Kier molecular flexibility index (Phi) is 2.99. The van der Waals surface area contributed by atoms with Gasteiger partial charge in [-0.3, -0.25) is 10.1 Å². The minimum absolute atomic E-state index is 0.0652. The smallest absolute Gasteiger partial charge is 0.271 e. The highest BCUT2D eigenvalue weighted by molar-refractivity contribution is 7.89. The number of nitrogens with two attached hydrogens (primary N) is 1. The maximum atomic E-state index is 12.0. The lowest BCUT2D eigenvalue weighted by molar-refractivity contribution is -0.384. The van der Waals surface area contributed by atoms with Crippen molar-refractivity contribution in [2.75, 3.05) is 5.73 Å². The van der Waals surface area contributed by atoms with E-state index >= 15 is 0 Å². The number of nitro benzene ring substituents is 1. The molecular formula is C10H13N3O4S.